The van der Waals surface area contributed by atoms with Gasteiger partial charge in [0.1, 0.15) is 0 Å². The number of allylic oxidation sites excluding steroid dienone is 1. The molecule has 0 unspecified atom stereocenters. The van der Waals surface area contributed by atoms with Gasteiger partial charge in [-0.05, 0) is 10.4 Å². The van der Waals surface area contributed by atoms with E-state index in [1.165, 1.54) is 0 Å². The van der Waals surface area contributed by atoms with E-state index < -0.39 is 0 Å². The quantitative estimate of drug-likeness (QED) is 0.481. The average Bonchev–Trinajstić information content (AvgIpc) is 2.08. The van der Waals surface area contributed by atoms with Gasteiger partial charge in [-0.1, -0.05) is 6.08 Å². The van der Waals surface area contributed by atoms with Gasteiger partial charge >= 0.3 is 0 Å². The van der Waals surface area contributed by atoms with Crippen LogP contribution in [0.4, 0.5) is 0 Å². The summed E-state index contributed by atoms with van der Waals surface area (Å²) in [4.78, 5) is 8.36. The number of hydrogen-bond donors (Lipinski definition) is 1. The van der Waals surface area contributed by atoms with E-state index in [-0.39, 0.29) is 6.47 Å². The van der Waals surface area contributed by atoms with Gasteiger partial charge in [0.15, 0.2) is 0 Å². The van der Waals surface area contributed by atoms with Crippen LogP contribution in [-0.4, -0.2) is 32.2 Å². The molecule has 0 aliphatic carbocycles. The van der Waals surface area contributed by atoms with Gasteiger partial charge < -0.3 is 5.11 Å². The van der Waals surface area contributed by atoms with Gasteiger partial charge in [-0.3, -0.25) is 4.79 Å². The second-order valence-corrected chi connectivity index (χ2v) is 1.61. The van der Waals surface area contributed by atoms with Crippen molar-refractivity contribution < 1.29 is 9.90 Å². The highest BCUT2D eigenvalue weighted by Crippen LogP contribution is 1.87. The molecule has 0 aromatic carbocycles. The standard InChI is InChI=1S/C5H6N4.CH2O2/c1-2-3-5-4-6-8-9-7-5;2-1-3/h2,4H,1,3H2;1H,(H,2,3). The number of carboxylic acid groups (broad SMARTS) is 1. The maximum atomic E-state index is 8.36. The topological polar surface area (TPSA) is 88.9 Å². The fourth-order valence-corrected chi connectivity index (χ4v) is 0.460. The summed E-state index contributed by atoms with van der Waals surface area (Å²) in [5.41, 5.74) is 0.792. The Balaban J connectivity index is 0.000000354. The lowest BCUT2D eigenvalue weighted by Crippen LogP contribution is -1.95. The molecule has 6 heteroatoms. The molecular weight excluding hydrogens is 160 g/mol. The fraction of sp³-hybridized carbons (Fsp3) is 0.167. The highest BCUT2D eigenvalue weighted by Gasteiger charge is 1.87. The molecule has 1 N–H and O–H groups in total. The van der Waals surface area contributed by atoms with Gasteiger partial charge in [-0.25, -0.2) is 0 Å². The van der Waals surface area contributed by atoms with Gasteiger partial charge in [-0.15, -0.1) is 16.8 Å². The number of carbonyl (C=O) groups is 1. The van der Waals surface area contributed by atoms with E-state index in [9.17, 15) is 0 Å². The molecule has 0 bridgehead atoms. The lowest BCUT2D eigenvalue weighted by atomic mass is 10.3. The first kappa shape index (κ1) is 10.2. The lowest BCUT2D eigenvalue weighted by molar-refractivity contribution is -0.122. The second kappa shape index (κ2) is 7.26. The normalized spacial score (nSPS) is 7.67. The number of rotatable bonds is 2. The Morgan fingerprint density at radius 3 is 2.67 bits per heavy atom. The van der Waals surface area contributed by atoms with Gasteiger partial charge in [0.05, 0.1) is 11.9 Å². The minimum Gasteiger partial charge on any atom is -0.483 e. The number of hydrogen-bond acceptors (Lipinski definition) is 5. The Hall–Kier alpha value is -1.85. The molecule has 1 aromatic rings. The minimum atomic E-state index is -0.250. The highest BCUT2D eigenvalue weighted by molar-refractivity contribution is 5.32. The summed E-state index contributed by atoms with van der Waals surface area (Å²) in [7, 11) is 0. The molecule has 0 amide bonds. The third kappa shape index (κ3) is 4.98. The Morgan fingerprint density at radius 1 is 1.58 bits per heavy atom. The van der Waals surface area contributed by atoms with Crippen LogP contribution >= 0.6 is 0 Å². The van der Waals surface area contributed by atoms with Crippen LogP contribution in [0.3, 0.4) is 0 Å². The van der Waals surface area contributed by atoms with Crippen molar-refractivity contribution in [1.82, 2.24) is 20.6 Å². The van der Waals surface area contributed by atoms with E-state index in [1.54, 1.807) is 12.3 Å². The molecule has 1 aromatic heterocycles. The van der Waals surface area contributed by atoms with Crippen molar-refractivity contribution in [2.75, 3.05) is 0 Å². The molecule has 0 fully saturated rings. The van der Waals surface area contributed by atoms with Crippen LogP contribution in [0.25, 0.3) is 0 Å². The van der Waals surface area contributed by atoms with E-state index in [4.69, 9.17) is 9.90 Å². The van der Waals surface area contributed by atoms with E-state index in [2.05, 4.69) is 27.2 Å². The summed E-state index contributed by atoms with van der Waals surface area (Å²) in [6.07, 6.45) is 4.00. The summed E-state index contributed by atoms with van der Waals surface area (Å²) in [5, 5.41) is 20.7. The molecule has 1 rings (SSSR count). The molecule has 12 heavy (non-hydrogen) atoms. The van der Waals surface area contributed by atoms with Crippen molar-refractivity contribution in [3.05, 3.63) is 24.5 Å². The molecule has 0 aliphatic rings. The van der Waals surface area contributed by atoms with Crippen molar-refractivity contribution in [3.63, 3.8) is 0 Å². The number of aromatic nitrogens is 4. The molecule has 64 valence electrons. The van der Waals surface area contributed by atoms with Crippen molar-refractivity contribution in [2.24, 2.45) is 0 Å². The molecule has 0 saturated carbocycles. The van der Waals surface area contributed by atoms with E-state index in [1.807, 2.05) is 0 Å². The van der Waals surface area contributed by atoms with Gasteiger partial charge in [-0.2, -0.15) is 0 Å². The molecule has 1 heterocycles. The molecule has 6 nitrogen and oxygen atoms in total. The first-order chi connectivity index (χ1) is 5.85. The maximum absolute atomic E-state index is 8.36. The van der Waals surface area contributed by atoms with Crippen molar-refractivity contribution in [2.45, 2.75) is 6.42 Å². The van der Waals surface area contributed by atoms with Crippen LogP contribution in [-0.2, 0) is 11.2 Å². The lowest BCUT2D eigenvalue weighted by Gasteiger charge is -1.86. The van der Waals surface area contributed by atoms with Crippen molar-refractivity contribution in [3.8, 4) is 0 Å². The molecule has 0 spiro atoms. The SMILES string of the molecule is C=CCc1cnnnn1.O=CO. The predicted molar refractivity (Wildman–Crippen MR) is 40.2 cm³/mol. The highest BCUT2D eigenvalue weighted by atomic mass is 16.3. The van der Waals surface area contributed by atoms with Crippen molar-refractivity contribution >= 4 is 6.47 Å². The molecular formula is C6H8N4O2. The summed E-state index contributed by atoms with van der Waals surface area (Å²) in [6.45, 7) is 3.29. The van der Waals surface area contributed by atoms with Gasteiger partial charge in [0, 0.05) is 6.42 Å². The summed E-state index contributed by atoms with van der Waals surface area (Å²) in [5.74, 6) is 0. The second-order valence-electron chi connectivity index (χ2n) is 1.61. The van der Waals surface area contributed by atoms with Gasteiger partial charge in [0.25, 0.3) is 6.47 Å². The van der Waals surface area contributed by atoms with E-state index >= 15 is 0 Å². The van der Waals surface area contributed by atoms with Crippen LogP contribution in [0.1, 0.15) is 5.69 Å². The third-order valence-corrected chi connectivity index (χ3v) is 0.825. The predicted octanol–water partition coefficient (Wildman–Crippen LogP) is -0.304. The van der Waals surface area contributed by atoms with Gasteiger partial charge in [0.2, 0.25) is 0 Å². The van der Waals surface area contributed by atoms with Crippen LogP contribution < -0.4 is 0 Å². The third-order valence-electron chi connectivity index (χ3n) is 0.825. The molecule has 0 radical (unpaired) electrons. The van der Waals surface area contributed by atoms with E-state index in [0.29, 0.717) is 6.42 Å². The number of nitrogens with zero attached hydrogens (tertiary/aromatic N) is 4. The fourth-order valence-electron chi connectivity index (χ4n) is 0.460. The van der Waals surface area contributed by atoms with Crippen LogP contribution in [0.15, 0.2) is 18.9 Å². The van der Waals surface area contributed by atoms with Crippen LogP contribution in [0.5, 0.6) is 0 Å². The maximum Gasteiger partial charge on any atom is 0.290 e. The average molecular weight is 168 g/mol. The Kier molecular flexibility index (Phi) is 6.14. The molecule has 0 saturated heterocycles. The largest absolute Gasteiger partial charge is 0.483 e. The molecule has 0 aliphatic heterocycles. The first-order valence-electron chi connectivity index (χ1n) is 3.03. The monoisotopic (exact) mass is 168 g/mol. The van der Waals surface area contributed by atoms with Crippen molar-refractivity contribution in [1.29, 1.82) is 0 Å². The zero-order valence-electron chi connectivity index (χ0n) is 6.29. The van der Waals surface area contributed by atoms with Crippen LogP contribution in [0, 0.1) is 0 Å². The zero-order chi connectivity index (χ0) is 9.23. The molecule has 0 atom stereocenters. The smallest absolute Gasteiger partial charge is 0.290 e. The summed E-state index contributed by atoms with van der Waals surface area (Å²) in [6, 6.07) is 0. The zero-order valence-corrected chi connectivity index (χ0v) is 6.29. The minimum absolute atomic E-state index is 0.250. The Morgan fingerprint density at radius 2 is 2.25 bits per heavy atom. The Labute approximate surface area is 68.9 Å². The Bertz CT molecular complexity index is 226. The summed E-state index contributed by atoms with van der Waals surface area (Å²) >= 11 is 0. The summed E-state index contributed by atoms with van der Waals surface area (Å²) < 4.78 is 0. The van der Waals surface area contributed by atoms with Crippen LogP contribution in [0.2, 0.25) is 0 Å². The first-order valence-corrected chi connectivity index (χ1v) is 3.03. The van der Waals surface area contributed by atoms with E-state index in [0.717, 1.165) is 5.69 Å².